The van der Waals surface area contributed by atoms with Gasteiger partial charge in [0.15, 0.2) is 0 Å². The Morgan fingerprint density at radius 1 is 1.28 bits per heavy atom. The molecule has 0 aromatic heterocycles. The lowest BCUT2D eigenvalue weighted by Gasteiger charge is -2.31. The van der Waals surface area contributed by atoms with E-state index < -0.39 is 10.0 Å². The fourth-order valence-electron chi connectivity index (χ4n) is 3.35. The van der Waals surface area contributed by atoms with E-state index in [0.717, 1.165) is 24.0 Å². The fraction of sp³-hybridized carbons (Fsp3) is 0.632. The van der Waals surface area contributed by atoms with Gasteiger partial charge in [-0.1, -0.05) is 25.5 Å². The van der Waals surface area contributed by atoms with Crippen molar-refractivity contribution >= 4 is 15.9 Å². The van der Waals surface area contributed by atoms with Crippen LogP contribution in [-0.4, -0.2) is 37.8 Å². The lowest BCUT2D eigenvalue weighted by atomic mass is 9.96. The van der Waals surface area contributed by atoms with Gasteiger partial charge in [0, 0.05) is 25.0 Å². The molecule has 1 aliphatic rings. The van der Waals surface area contributed by atoms with Gasteiger partial charge in [0.25, 0.3) is 0 Å². The molecule has 0 saturated carbocycles. The molecule has 1 heterocycles. The number of carbonyl (C=O) groups is 1. The normalized spacial score (nSPS) is 18.1. The average molecular weight is 367 g/mol. The second-order valence-corrected chi connectivity index (χ2v) is 9.05. The summed E-state index contributed by atoms with van der Waals surface area (Å²) in [7, 11) is -3.49. The van der Waals surface area contributed by atoms with E-state index >= 15 is 0 Å². The van der Waals surface area contributed by atoms with Crippen molar-refractivity contribution in [2.45, 2.75) is 64.3 Å². The van der Waals surface area contributed by atoms with Crippen molar-refractivity contribution in [3.8, 4) is 0 Å². The van der Waals surface area contributed by atoms with E-state index in [-0.39, 0.29) is 17.9 Å². The van der Waals surface area contributed by atoms with E-state index in [1.165, 1.54) is 4.31 Å². The highest BCUT2D eigenvalue weighted by Gasteiger charge is 2.33. The predicted octanol–water partition coefficient (Wildman–Crippen LogP) is 3.01. The van der Waals surface area contributed by atoms with Crippen molar-refractivity contribution < 1.29 is 13.2 Å². The van der Waals surface area contributed by atoms with Crippen molar-refractivity contribution in [2.75, 3.05) is 13.1 Å². The molecule has 140 valence electrons. The van der Waals surface area contributed by atoms with Crippen molar-refractivity contribution in [2.24, 2.45) is 5.92 Å². The zero-order valence-corrected chi connectivity index (χ0v) is 16.5. The van der Waals surface area contributed by atoms with Gasteiger partial charge in [-0.2, -0.15) is 4.31 Å². The first-order valence-corrected chi connectivity index (χ1v) is 10.6. The summed E-state index contributed by atoms with van der Waals surface area (Å²) in [6.07, 6.45) is 3.16. The number of rotatable bonds is 6. The number of piperidine rings is 1. The molecule has 25 heavy (non-hydrogen) atoms. The van der Waals surface area contributed by atoms with Crippen LogP contribution in [0.4, 0.5) is 0 Å². The maximum absolute atomic E-state index is 12.9. The Kier molecular flexibility index (Phi) is 6.63. The van der Waals surface area contributed by atoms with Gasteiger partial charge in [0.05, 0.1) is 4.90 Å². The number of nitrogens with zero attached hydrogens (tertiary/aromatic N) is 1. The van der Waals surface area contributed by atoms with Crippen molar-refractivity contribution in [1.29, 1.82) is 0 Å². The van der Waals surface area contributed by atoms with Gasteiger partial charge in [0.1, 0.15) is 0 Å². The summed E-state index contributed by atoms with van der Waals surface area (Å²) in [5.41, 5.74) is 1.70. The molecule has 1 aromatic carbocycles. The molecule has 5 nitrogen and oxygen atoms in total. The van der Waals surface area contributed by atoms with Crippen molar-refractivity contribution in [3.63, 3.8) is 0 Å². The first-order chi connectivity index (χ1) is 11.8. The molecule has 0 bridgehead atoms. The standard InChI is InChI=1S/C19H30N2O3S/c1-5-6-16(4)20-19(22)17-9-11-21(12-10-17)25(23,24)18-13-14(2)7-8-15(18)3/h7-8,13,16-17H,5-6,9-12H2,1-4H3,(H,20,22)/t16-/m0/s1. The van der Waals surface area contributed by atoms with Crippen LogP contribution in [-0.2, 0) is 14.8 Å². The maximum Gasteiger partial charge on any atom is 0.243 e. The maximum atomic E-state index is 12.9. The first-order valence-electron chi connectivity index (χ1n) is 9.13. The number of benzene rings is 1. The molecule has 0 radical (unpaired) electrons. The Morgan fingerprint density at radius 3 is 2.52 bits per heavy atom. The third-order valence-corrected chi connectivity index (χ3v) is 6.94. The van der Waals surface area contributed by atoms with Crippen LogP contribution in [0.1, 0.15) is 50.7 Å². The highest BCUT2D eigenvalue weighted by Crippen LogP contribution is 2.26. The summed E-state index contributed by atoms with van der Waals surface area (Å²) < 4.78 is 27.4. The van der Waals surface area contributed by atoms with Crippen LogP contribution in [0.25, 0.3) is 0 Å². The monoisotopic (exact) mass is 366 g/mol. The summed E-state index contributed by atoms with van der Waals surface area (Å²) in [6, 6.07) is 5.67. The summed E-state index contributed by atoms with van der Waals surface area (Å²) in [5.74, 6) is -0.0332. The van der Waals surface area contributed by atoms with Gasteiger partial charge >= 0.3 is 0 Å². The number of hydrogen-bond donors (Lipinski definition) is 1. The molecule has 1 atom stereocenters. The molecule has 2 rings (SSSR count). The quantitative estimate of drug-likeness (QED) is 0.841. The smallest absolute Gasteiger partial charge is 0.243 e. The lowest BCUT2D eigenvalue weighted by Crippen LogP contribution is -2.44. The predicted molar refractivity (Wildman–Crippen MR) is 99.9 cm³/mol. The van der Waals surface area contributed by atoms with E-state index in [1.54, 1.807) is 6.07 Å². The molecule has 6 heteroatoms. The van der Waals surface area contributed by atoms with Gasteiger partial charge in [-0.3, -0.25) is 4.79 Å². The van der Waals surface area contributed by atoms with Crippen LogP contribution in [0.5, 0.6) is 0 Å². The van der Waals surface area contributed by atoms with Crippen LogP contribution < -0.4 is 5.32 Å². The Hall–Kier alpha value is -1.40. The largest absolute Gasteiger partial charge is 0.353 e. The summed E-state index contributed by atoms with van der Waals surface area (Å²) >= 11 is 0. The Labute approximate surface area is 151 Å². The molecule has 1 N–H and O–H groups in total. The summed E-state index contributed by atoms with van der Waals surface area (Å²) in [5, 5.41) is 3.05. The van der Waals surface area contributed by atoms with Crippen LogP contribution in [0.3, 0.4) is 0 Å². The minimum Gasteiger partial charge on any atom is -0.353 e. The molecule has 0 spiro atoms. The minimum absolute atomic E-state index is 0.0599. The SMILES string of the molecule is CCC[C@H](C)NC(=O)C1CCN(S(=O)(=O)c2cc(C)ccc2C)CC1. The van der Waals surface area contributed by atoms with E-state index in [4.69, 9.17) is 0 Å². The summed E-state index contributed by atoms with van der Waals surface area (Å²) in [6.45, 7) is 8.63. The number of nitrogens with one attached hydrogen (secondary N) is 1. The molecule has 1 fully saturated rings. The topological polar surface area (TPSA) is 66.5 Å². The zero-order valence-electron chi connectivity index (χ0n) is 15.7. The Morgan fingerprint density at radius 2 is 1.92 bits per heavy atom. The highest BCUT2D eigenvalue weighted by atomic mass is 32.2. The van der Waals surface area contributed by atoms with Crippen LogP contribution in [0.15, 0.2) is 23.1 Å². The highest BCUT2D eigenvalue weighted by molar-refractivity contribution is 7.89. The zero-order chi connectivity index (χ0) is 18.6. The second kappa shape index (κ2) is 8.32. The molecule has 1 saturated heterocycles. The molecular weight excluding hydrogens is 336 g/mol. The van der Waals surface area contributed by atoms with E-state index in [1.807, 2.05) is 32.9 Å². The second-order valence-electron chi connectivity index (χ2n) is 7.15. The first kappa shape index (κ1) is 19.9. The molecule has 1 aliphatic heterocycles. The number of hydrogen-bond acceptors (Lipinski definition) is 3. The van der Waals surface area contributed by atoms with Crippen LogP contribution >= 0.6 is 0 Å². The lowest BCUT2D eigenvalue weighted by molar-refractivity contribution is -0.126. The molecule has 0 unspecified atom stereocenters. The summed E-state index contributed by atoms with van der Waals surface area (Å²) in [4.78, 5) is 12.7. The third kappa shape index (κ3) is 4.82. The van der Waals surface area contributed by atoms with Gasteiger partial charge in [-0.25, -0.2) is 8.42 Å². The number of amides is 1. The number of sulfonamides is 1. The molecular formula is C19H30N2O3S. The van der Waals surface area contributed by atoms with Gasteiger partial charge in [-0.15, -0.1) is 0 Å². The minimum atomic E-state index is -3.49. The van der Waals surface area contributed by atoms with Crippen LogP contribution in [0.2, 0.25) is 0 Å². The number of carbonyl (C=O) groups excluding carboxylic acids is 1. The Bertz CT molecular complexity index is 707. The molecule has 1 amide bonds. The number of aryl methyl sites for hydroxylation is 2. The van der Waals surface area contributed by atoms with E-state index in [0.29, 0.717) is 30.8 Å². The van der Waals surface area contributed by atoms with Gasteiger partial charge in [-0.05, 0) is 57.2 Å². The van der Waals surface area contributed by atoms with Gasteiger partial charge < -0.3 is 5.32 Å². The van der Waals surface area contributed by atoms with Crippen molar-refractivity contribution in [3.05, 3.63) is 29.3 Å². The molecule has 1 aromatic rings. The Balaban J connectivity index is 2.01. The third-order valence-electron chi connectivity index (χ3n) is 4.90. The van der Waals surface area contributed by atoms with E-state index in [9.17, 15) is 13.2 Å². The average Bonchev–Trinajstić information content (AvgIpc) is 2.57. The van der Waals surface area contributed by atoms with Crippen LogP contribution in [0, 0.1) is 19.8 Å². The van der Waals surface area contributed by atoms with Gasteiger partial charge in [0.2, 0.25) is 15.9 Å². The fourth-order valence-corrected chi connectivity index (χ4v) is 5.13. The molecule has 0 aliphatic carbocycles. The van der Waals surface area contributed by atoms with Crippen molar-refractivity contribution in [1.82, 2.24) is 9.62 Å². The van der Waals surface area contributed by atoms with E-state index in [2.05, 4.69) is 12.2 Å².